The largest absolute Gasteiger partial charge is 0.394 e. The number of aromatic amines is 1. The fraction of sp³-hybridized carbons (Fsp3) is 0.500. The molecule has 3 rings (SSSR count). The Balaban J connectivity index is 1.99. The highest BCUT2D eigenvalue weighted by Gasteiger charge is 2.25. The van der Waals surface area contributed by atoms with Crippen LogP contribution in [-0.2, 0) is 4.74 Å². The molecule has 0 spiro atoms. The summed E-state index contributed by atoms with van der Waals surface area (Å²) in [6.45, 7) is -0.00978. The van der Waals surface area contributed by atoms with Gasteiger partial charge in [0, 0.05) is 11.5 Å². The minimum Gasteiger partial charge on any atom is -0.394 e. The summed E-state index contributed by atoms with van der Waals surface area (Å²) in [7, 11) is 0. The van der Waals surface area contributed by atoms with Crippen LogP contribution >= 0.6 is 11.8 Å². The molecule has 1 aliphatic heterocycles. The van der Waals surface area contributed by atoms with Crippen molar-refractivity contribution in [3.8, 4) is 0 Å². The Labute approximate surface area is 106 Å². The predicted octanol–water partition coefficient (Wildman–Crippen LogP) is -0.258. The summed E-state index contributed by atoms with van der Waals surface area (Å²) in [6, 6.07) is 0. The van der Waals surface area contributed by atoms with Gasteiger partial charge in [0.15, 0.2) is 11.2 Å². The van der Waals surface area contributed by atoms with Gasteiger partial charge >= 0.3 is 0 Å². The molecule has 0 aromatic carbocycles. The molecule has 96 valence electrons. The van der Waals surface area contributed by atoms with Crippen molar-refractivity contribution < 1.29 is 9.84 Å². The molecule has 7 nitrogen and oxygen atoms in total. The number of ether oxygens (including phenoxy) is 1. The minimum atomic E-state index is -0.263. The number of H-pyrrole nitrogens is 1. The first-order chi connectivity index (χ1) is 8.79. The number of nitrogens with one attached hydrogen (secondary N) is 1. The Morgan fingerprint density at radius 2 is 2.44 bits per heavy atom. The minimum absolute atomic E-state index is 0.00978. The number of nitrogens with zero attached hydrogens (tertiary/aromatic N) is 3. The third-order valence-corrected chi connectivity index (χ3v) is 3.92. The van der Waals surface area contributed by atoms with E-state index in [0.717, 1.165) is 11.5 Å². The van der Waals surface area contributed by atoms with E-state index < -0.39 is 0 Å². The summed E-state index contributed by atoms with van der Waals surface area (Å²) in [5.74, 6) is 1.52. The van der Waals surface area contributed by atoms with E-state index in [2.05, 4.69) is 15.0 Å². The van der Waals surface area contributed by atoms with Crippen molar-refractivity contribution in [3.63, 3.8) is 0 Å². The number of aliphatic hydroxyl groups excluding tert-OH is 1. The lowest BCUT2D eigenvalue weighted by molar-refractivity contribution is -0.0548. The maximum Gasteiger partial charge on any atom is 0.278 e. The number of imidazole rings is 1. The van der Waals surface area contributed by atoms with Gasteiger partial charge in [-0.3, -0.25) is 9.36 Å². The highest BCUT2D eigenvalue weighted by Crippen LogP contribution is 2.26. The third-order valence-electron chi connectivity index (χ3n) is 2.79. The molecule has 0 radical (unpaired) electrons. The fourth-order valence-corrected chi connectivity index (χ4v) is 2.94. The summed E-state index contributed by atoms with van der Waals surface area (Å²) in [6.07, 6.45) is 2.47. The molecule has 18 heavy (non-hydrogen) atoms. The zero-order valence-electron chi connectivity index (χ0n) is 9.44. The van der Waals surface area contributed by atoms with Crippen LogP contribution in [0.3, 0.4) is 0 Å². The zero-order valence-corrected chi connectivity index (χ0v) is 10.3. The van der Waals surface area contributed by atoms with Crippen molar-refractivity contribution in [1.29, 1.82) is 0 Å². The van der Waals surface area contributed by atoms with Crippen LogP contribution in [0.2, 0.25) is 0 Å². The van der Waals surface area contributed by atoms with Crippen LogP contribution in [-0.4, -0.2) is 48.8 Å². The average molecular weight is 268 g/mol. The molecule has 2 aromatic rings. The molecule has 1 aliphatic rings. The molecule has 0 aliphatic carbocycles. The van der Waals surface area contributed by atoms with Crippen LogP contribution in [0, 0.1) is 0 Å². The van der Waals surface area contributed by atoms with Crippen LogP contribution in [0.1, 0.15) is 6.23 Å². The van der Waals surface area contributed by atoms with E-state index in [0.29, 0.717) is 11.2 Å². The molecule has 2 atom stereocenters. The second-order valence-corrected chi connectivity index (χ2v) is 5.06. The summed E-state index contributed by atoms with van der Waals surface area (Å²) < 4.78 is 7.46. The maximum atomic E-state index is 11.5. The number of aromatic nitrogens is 4. The van der Waals surface area contributed by atoms with Gasteiger partial charge in [-0.15, -0.1) is 0 Å². The van der Waals surface area contributed by atoms with Crippen molar-refractivity contribution in [2.75, 3.05) is 18.1 Å². The molecule has 8 heteroatoms. The fourth-order valence-electron chi connectivity index (χ4n) is 1.92. The SMILES string of the molecule is O=c1[nH]cnc2c1ncn2C1CSCC(CO)O1. The van der Waals surface area contributed by atoms with Gasteiger partial charge in [0.05, 0.1) is 25.4 Å². The van der Waals surface area contributed by atoms with Crippen LogP contribution in [0.25, 0.3) is 11.2 Å². The van der Waals surface area contributed by atoms with Gasteiger partial charge in [0.2, 0.25) is 0 Å². The van der Waals surface area contributed by atoms with E-state index in [1.807, 2.05) is 0 Å². The van der Waals surface area contributed by atoms with E-state index >= 15 is 0 Å². The van der Waals surface area contributed by atoms with E-state index in [9.17, 15) is 4.79 Å². The second-order valence-electron chi connectivity index (χ2n) is 3.99. The number of rotatable bonds is 2. The molecule has 2 unspecified atom stereocenters. The Hall–Kier alpha value is -1.38. The van der Waals surface area contributed by atoms with Crippen LogP contribution < -0.4 is 5.56 Å². The van der Waals surface area contributed by atoms with Crippen molar-refractivity contribution in [2.45, 2.75) is 12.3 Å². The molecular weight excluding hydrogens is 256 g/mol. The maximum absolute atomic E-state index is 11.5. The first kappa shape index (κ1) is 11.7. The quantitative estimate of drug-likeness (QED) is 0.779. The predicted molar refractivity (Wildman–Crippen MR) is 66.5 cm³/mol. The Bertz CT molecular complexity index is 610. The summed E-state index contributed by atoms with van der Waals surface area (Å²) in [5.41, 5.74) is 0.543. The number of hydrogen-bond acceptors (Lipinski definition) is 6. The van der Waals surface area contributed by atoms with Crippen molar-refractivity contribution in [1.82, 2.24) is 19.5 Å². The van der Waals surface area contributed by atoms with Crippen molar-refractivity contribution in [3.05, 3.63) is 23.0 Å². The third kappa shape index (κ3) is 1.92. The Morgan fingerprint density at radius 3 is 3.28 bits per heavy atom. The zero-order chi connectivity index (χ0) is 12.5. The number of aliphatic hydroxyl groups is 1. The van der Waals surface area contributed by atoms with Gasteiger partial charge in [-0.25, -0.2) is 9.97 Å². The van der Waals surface area contributed by atoms with Gasteiger partial charge in [-0.1, -0.05) is 0 Å². The highest BCUT2D eigenvalue weighted by atomic mass is 32.2. The van der Waals surface area contributed by atoms with Gasteiger partial charge < -0.3 is 14.8 Å². The molecule has 2 N–H and O–H groups in total. The first-order valence-electron chi connectivity index (χ1n) is 5.54. The van der Waals surface area contributed by atoms with Crippen LogP contribution in [0.5, 0.6) is 0 Å². The Morgan fingerprint density at radius 1 is 1.56 bits per heavy atom. The molecular formula is C10H12N4O3S. The van der Waals surface area contributed by atoms with Gasteiger partial charge in [0.25, 0.3) is 5.56 Å². The smallest absolute Gasteiger partial charge is 0.278 e. The molecule has 0 bridgehead atoms. The Kier molecular flexibility index (Phi) is 3.06. The average Bonchev–Trinajstić information content (AvgIpc) is 2.84. The van der Waals surface area contributed by atoms with E-state index in [1.54, 1.807) is 22.7 Å². The topological polar surface area (TPSA) is 93.0 Å². The molecule has 3 heterocycles. The van der Waals surface area contributed by atoms with Crippen LogP contribution in [0.15, 0.2) is 17.4 Å². The van der Waals surface area contributed by atoms with E-state index in [1.165, 1.54) is 6.33 Å². The molecule has 0 saturated carbocycles. The van der Waals surface area contributed by atoms with Crippen LogP contribution in [0.4, 0.5) is 0 Å². The molecule has 1 saturated heterocycles. The summed E-state index contributed by atoms with van der Waals surface area (Å²) in [4.78, 5) is 22.2. The molecule has 1 fully saturated rings. The highest BCUT2D eigenvalue weighted by molar-refractivity contribution is 7.99. The first-order valence-corrected chi connectivity index (χ1v) is 6.69. The number of fused-ring (bicyclic) bond motifs is 1. The molecule has 0 amide bonds. The lowest BCUT2D eigenvalue weighted by atomic mass is 10.4. The number of thioether (sulfide) groups is 1. The van der Waals surface area contributed by atoms with Gasteiger partial charge in [-0.2, -0.15) is 11.8 Å². The van der Waals surface area contributed by atoms with Gasteiger partial charge in [0.1, 0.15) is 6.23 Å². The number of hydrogen-bond donors (Lipinski definition) is 2. The summed E-state index contributed by atoms with van der Waals surface area (Å²) >= 11 is 1.70. The lowest BCUT2D eigenvalue weighted by Gasteiger charge is -2.29. The molecule has 2 aromatic heterocycles. The lowest BCUT2D eigenvalue weighted by Crippen LogP contribution is -2.32. The van der Waals surface area contributed by atoms with Crippen molar-refractivity contribution >= 4 is 22.9 Å². The van der Waals surface area contributed by atoms with E-state index in [4.69, 9.17) is 9.84 Å². The van der Waals surface area contributed by atoms with E-state index in [-0.39, 0.29) is 24.5 Å². The summed E-state index contributed by atoms with van der Waals surface area (Å²) in [5, 5.41) is 9.13. The standard InChI is InChI=1S/C10H12N4O3S/c15-1-6-2-18-3-7(17-6)14-5-13-8-9(14)11-4-12-10(8)16/h4-7,15H,1-3H2,(H,11,12,16). The second kappa shape index (κ2) is 4.71. The van der Waals surface area contributed by atoms with Crippen molar-refractivity contribution in [2.24, 2.45) is 0 Å². The van der Waals surface area contributed by atoms with Gasteiger partial charge in [-0.05, 0) is 0 Å². The monoisotopic (exact) mass is 268 g/mol. The normalized spacial score (nSPS) is 24.5.